The Morgan fingerprint density at radius 3 is 2.44 bits per heavy atom. The normalized spacial score (nSPS) is 18.2. The summed E-state index contributed by atoms with van der Waals surface area (Å²) in [6, 6.07) is 18.5. The monoisotopic (exact) mass is 377 g/mol. The molecule has 1 fully saturated rings. The quantitative estimate of drug-likeness (QED) is 0.643. The highest BCUT2D eigenvalue weighted by atomic mass is 32.2. The van der Waals surface area contributed by atoms with Gasteiger partial charge in [-0.05, 0) is 43.2 Å². The van der Waals surface area contributed by atoms with Crippen molar-refractivity contribution in [3.05, 3.63) is 70.8 Å². The van der Waals surface area contributed by atoms with Crippen LogP contribution in [0.3, 0.4) is 0 Å². The molecular formula is C21H19N3O2S. The molecule has 0 aliphatic carbocycles. The lowest BCUT2D eigenvalue weighted by molar-refractivity contribution is -0.116. The lowest BCUT2D eigenvalue weighted by atomic mass is 10.1. The summed E-state index contributed by atoms with van der Waals surface area (Å²) in [5, 5.41) is 12.4. The lowest BCUT2D eigenvalue weighted by Crippen LogP contribution is -2.29. The minimum Gasteiger partial charge on any atom is -0.321 e. The van der Waals surface area contributed by atoms with Crippen molar-refractivity contribution in [3.8, 4) is 6.07 Å². The number of benzene rings is 2. The van der Waals surface area contributed by atoms with Gasteiger partial charge < -0.3 is 5.32 Å². The molecule has 136 valence electrons. The molecule has 1 atom stereocenters. The summed E-state index contributed by atoms with van der Waals surface area (Å²) >= 11 is 1.23. The zero-order valence-electron chi connectivity index (χ0n) is 15.1. The van der Waals surface area contributed by atoms with Crippen LogP contribution in [-0.4, -0.2) is 17.1 Å². The number of hydrogen-bond donors (Lipinski definition) is 1. The molecule has 2 aromatic carbocycles. The second-order valence-electron chi connectivity index (χ2n) is 6.07. The van der Waals surface area contributed by atoms with Crippen LogP contribution in [0.2, 0.25) is 0 Å². The van der Waals surface area contributed by atoms with Crippen LogP contribution >= 0.6 is 11.8 Å². The molecule has 0 bridgehead atoms. The lowest BCUT2D eigenvalue weighted by Gasteiger charge is -2.18. The molecule has 2 aromatic rings. The molecule has 1 aliphatic heterocycles. The molecule has 1 heterocycles. The average Bonchev–Trinajstić information content (AvgIpc) is 2.98. The van der Waals surface area contributed by atoms with Crippen LogP contribution in [0, 0.1) is 11.3 Å². The Bertz CT molecular complexity index is 930. The first kappa shape index (κ1) is 18.7. The van der Waals surface area contributed by atoms with Crippen LogP contribution in [0.25, 0.3) is 0 Å². The maximum absolute atomic E-state index is 12.7. The summed E-state index contributed by atoms with van der Waals surface area (Å²) in [5.74, 6) is -0.666. The van der Waals surface area contributed by atoms with Crippen LogP contribution in [-0.2, 0) is 16.0 Å². The Morgan fingerprint density at radius 2 is 1.85 bits per heavy atom. The fourth-order valence-corrected chi connectivity index (χ4v) is 3.86. The highest BCUT2D eigenvalue weighted by Crippen LogP contribution is 2.40. The van der Waals surface area contributed by atoms with Crippen molar-refractivity contribution in [1.82, 2.24) is 0 Å². The number of anilines is 2. The molecule has 3 rings (SSSR count). The van der Waals surface area contributed by atoms with Gasteiger partial charge in [0.2, 0.25) is 5.91 Å². The molecule has 2 amide bonds. The molecule has 0 spiro atoms. The summed E-state index contributed by atoms with van der Waals surface area (Å²) in [5.41, 5.74) is 2.34. The number of thioether (sulfide) groups is 1. The predicted molar refractivity (Wildman–Crippen MR) is 108 cm³/mol. The smallest absolute Gasteiger partial charge is 0.269 e. The number of carbonyl (C=O) groups is 2. The SMILES string of the molecule is CCc1ccc(NC(=O)/C(C#N)=C2\SC(C)C(=O)N2c2ccccc2)cc1. The highest BCUT2D eigenvalue weighted by molar-refractivity contribution is 8.05. The minimum absolute atomic E-state index is 0.0684. The molecule has 0 saturated carbocycles. The molecule has 0 aromatic heterocycles. The summed E-state index contributed by atoms with van der Waals surface area (Å²) in [7, 11) is 0. The van der Waals surface area contributed by atoms with Gasteiger partial charge in [0.25, 0.3) is 5.91 Å². The Morgan fingerprint density at radius 1 is 1.19 bits per heavy atom. The largest absolute Gasteiger partial charge is 0.321 e. The van der Waals surface area contributed by atoms with Gasteiger partial charge in [0.15, 0.2) is 0 Å². The van der Waals surface area contributed by atoms with E-state index in [0.717, 1.165) is 12.0 Å². The first-order chi connectivity index (χ1) is 13.0. The van der Waals surface area contributed by atoms with Crippen molar-refractivity contribution < 1.29 is 9.59 Å². The zero-order valence-corrected chi connectivity index (χ0v) is 15.9. The van der Waals surface area contributed by atoms with E-state index in [1.54, 1.807) is 31.2 Å². The van der Waals surface area contributed by atoms with E-state index in [-0.39, 0.29) is 16.7 Å². The number of rotatable bonds is 4. The van der Waals surface area contributed by atoms with Crippen LogP contribution in [0.5, 0.6) is 0 Å². The van der Waals surface area contributed by atoms with E-state index in [1.165, 1.54) is 16.7 Å². The van der Waals surface area contributed by atoms with E-state index in [4.69, 9.17) is 0 Å². The van der Waals surface area contributed by atoms with Gasteiger partial charge in [-0.2, -0.15) is 5.26 Å². The minimum atomic E-state index is -0.521. The number of nitrogens with one attached hydrogen (secondary N) is 1. The van der Waals surface area contributed by atoms with E-state index in [1.807, 2.05) is 36.4 Å². The molecule has 1 saturated heterocycles. The number of para-hydroxylation sites is 1. The summed E-state index contributed by atoms with van der Waals surface area (Å²) in [6.07, 6.45) is 0.907. The first-order valence-corrected chi connectivity index (χ1v) is 9.53. The number of aryl methyl sites for hydroxylation is 1. The predicted octanol–water partition coefficient (Wildman–Crippen LogP) is 4.09. The Balaban J connectivity index is 1.95. The molecule has 5 nitrogen and oxygen atoms in total. The summed E-state index contributed by atoms with van der Waals surface area (Å²) < 4.78 is 0. The van der Waals surface area contributed by atoms with Crippen molar-refractivity contribution in [3.63, 3.8) is 0 Å². The molecule has 1 unspecified atom stereocenters. The van der Waals surface area contributed by atoms with E-state index in [0.29, 0.717) is 16.4 Å². The van der Waals surface area contributed by atoms with Gasteiger partial charge >= 0.3 is 0 Å². The number of nitrogens with zero attached hydrogens (tertiary/aromatic N) is 2. The van der Waals surface area contributed by atoms with E-state index < -0.39 is 5.91 Å². The topological polar surface area (TPSA) is 73.2 Å². The number of carbonyl (C=O) groups excluding carboxylic acids is 2. The van der Waals surface area contributed by atoms with Crippen molar-refractivity contribution in [2.75, 3.05) is 10.2 Å². The third-order valence-electron chi connectivity index (χ3n) is 4.25. The van der Waals surface area contributed by atoms with Crippen LogP contribution in [0.1, 0.15) is 19.4 Å². The maximum Gasteiger partial charge on any atom is 0.269 e. The highest BCUT2D eigenvalue weighted by Gasteiger charge is 2.38. The van der Waals surface area contributed by atoms with Gasteiger partial charge in [-0.15, -0.1) is 0 Å². The Labute approximate surface area is 162 Å². The number of amides is 2. The molecule has 0 radical (unpaired) electrons. The van der Waals surface area contributed by atoms with Gasteiger partial charge in [0, 0.05) is 11.4 Å². The molecule has 1 aliphatic rings. The van der Waals surface area contributed by atoms with E-state index >= 15 is 0 Å². The van der Waals surface area contributed by atoms with Crippen LogP contribution < -0.4 is 10.2 Å². The Hall–Kier alpha value is -3.04. The van der Waals surface area contributed by atoms with Crippen molar-refractivity contribution in [2.45, 2.75) is 25.5 Å². The van der Waals surface area contributed by atoms with E-state index in [2.05, 4.69) is 12.2 Å². The second-order valence-corrected chi connectivity index (χ2v) is 7.40. The standard InChI is InChI=1S/C21H19N3O2S/c1-3-15-9-11-16(12-10-15)23-19(25)18(13-22)21-24(20(26)14(2)27-21)17-7-5-4-6-8-17/h4-12,14H,3H2,1-2H3,(H,23,25)/b21-18-. The van der Waals surface area contributed by atoms with Gasteiger partial charge in [-0.25, -0.2) is 0 Å². The maximum atomic E-state index is 12.7. The first-order valence-electron chi connectivity index (χ1n) is 8.65. The third kappa shape index (κ3) is 3.88. The average molecular weight is 377 g/mol. The Kier molecular flexibility index (Phi) is 5.63. The summed E-state index contributed by atoms with van der Waals surface area (Å²) in [6.45, 7) is 3.83. The number of hydrogen-bond acceptors (Lipinski definition) is 4. The van der Waals surface area contributed by atoms with Crippen molar-refractivity contribution in [1.29, 1.82) is 5.26 Å². The fourth-order valence-electron chi connectivity index (χ4n) is 2.76. The summed E-state index contributed by atoms with van der Waals surface area (Å²) in [4.78, 5) is 26.8. The van der Waals surface area contributed by atoms with Gasteiger partial charge in [0.05, 0.1) is 5.25 Å². The van der Waals surface area contributed by atoms with Gasteiger partial charge in [0.1, 0.15) is 16.7 Å². The van der Waals surface area contributed by atoms with Crippen molar-refractivity contribution >= 4 is 35.0 Å². The van der Waals surface area contributed by atoms with Gasteiger partial charge in [-0.3, -0.25) is 14.5 Å². The van der Waals surface area contributed by atoms with Crippen LogP contribution in [0.4, 0.5) is 11.4 Å². The van der Waals surface area contributed by atoms with E-state index in [9.17, 15) is 14.9 Å². The molecule has 6 heteroatoms. The molecule has 27 heavy (non-hydrogen) atoms. The molecular weight excluding hydrogens is 358 g/mol. The van der Waals surface area contributed by atoms with Crippen LogP contribution in [0.15, 0.2) is 65.2 Å². The van der Waals surface area contributed by atoms with Crippen molar-refractivity contribution in [2.24, 2.45) is 0 Å². The second kappa shape index (κ2) is 8.11. The third-order valence-corrected chi connectivity index (χ3v) is 5.41. The number of nitriles is 1. The fraction of sp³-hybridized carbons (Fsp3) is 0.190. The zero-order chi connectivity index (χ0) is 19.4. The molecule has 1 N–H and O–H groups in total. The van der Waals surface area contributed by atoms with Gasteiger partial charge in [-0.1, -0.05) is 49.0 Å².